The van der Waals surface area contributed by atoms with E-state index in [-0.39, 0.29) is 18.2 Å². The maximum atomic E-state index is 11.6. The number of carbonyl (C=O) groups is 1. The SMILES string of the molecule is CC1=C[C@@H]([C@@H]2O[C@H]3CCCN4CCC[C@@H]4[C@@H]3[C@H]2C)OC1=O. The number of fused-ring (bicyclic) bond motifs is 3. The van der Waals surface area contributed by atoms with Crippen LogP contribution in [-0.2, 0) is 14.3 Å². The van der Waals surface area contributed by atoms with Crippen molar-refractivity contribution in [3.05, 3.63) is 11.6 Å². The van der Waals surface area contributed by atoms with E-state index in [4.69, 9.17) is 9.47 Å². The molecule has 0 aromatic heterocycles. The third-order valence-electron chi connectivity index (χ3n) is 5.98. The first kappa shape index (κ1) is 13.8. The summed E-state index contributed by atoms with van der Waals surface area (Å²) in [6.45, 7) is 6.61. The number of rotatable bonds is 1. The quantitative estimate of drug-likeness (QED) is 0.694. The van der Waals surface area contributed by atoms with Crippen LogP contribution in [0.25, 0.3) is 0 Å². The highest BCUT2D eigenvalue weighted by molar-refractivity contribution is 5.90. The van der Waals surface area contributed by atoms with Crippen LogP contribution < -0.4 is 0 Å². The van der Waals surface area contributed by atoms with Gasteiger partial charge in [0.05, 0.1) is 6.10 Å². The molecule has 0 aromatic rings. The third kappa shape index (κ3) is 2.15. The first-order chi connectivity index (χ1) is 10.1. The molecular weight excluding hydrogens is 266 g/mol. The third-order valence-corrected chi connectivity index (χ3v) is 5.98. The van der Waals surface area contributed by atoms with Crippen molar-refractivity contribution in [2.24, 2.45) is 11.8 Å². The lowest BCUT2D eigenvalue weighted by Crippen LogP contribution is -2.40. The highest BCUT2D eigenvalue weighted by Crippen LogP contribution is 2.45. The van der Waals surface area contributed by atoms with Crippen LogP contribution in [0.4, 0.5) is 0 Å². The Labute approximate surface area is 126 Å². The van der Waals surface area contributed by atoms with Crippen LogP contribution in [0, 0.1) is 11.8 Å². The summed E-state index contributed by atoms with van der Waals surface area (Å²) in [5, 5.41) is 0. The molecule has 0 aliphatic carbocycles. The van der Waals surface area contributed by atoms with Gasteiger partial charge in [-0.25, -0.2) is 4.79 Å². The normalized spacial score (nSPS) is 46.8. The molecule has 4 nitrogen and oxygen atoms in total. The van der Waals surface area contributed by atoms with Crippen LogP contribution >= 0.6 is 0 Å². The van der Waals surface area contributed by atoms with Gasteiger partial charge >= 0.3 is 5.97 Å². The molecule has 0 radical (unpaired) electrons. The zero-order valence-electron chi connectivity index (χ0n) is 13.0. The summed E-state index contributed by atoms with van der Waals surface area (Å²) in [6, 6.07) is 0.680. The summed E-state index contributed by atoms with van der Waals surface area (Å²) in [4.78, 5) is 14.3. The Morgan fingerprint density at radius 1 is 1.24 bits per heavy atom. The molecule has 0 aromatic carbocycles. The molecule has 4 heteroatoms. The van der Waals surface area contributed by atoms with Crippen LogP contribution in [-0.4, -0.2) is 48.3 Å². The number of carbonyl (C=O) groups excluding carboxylic acids is 1. The molecule has 0 amide bonds. The Bertz CT molecular complexity index is 475. The Kier molecular flexibility index (Phi) is 3.34. The molecular formula is C17H25NO3. The van der Waals surface area contributed by atoms with Crippen LogP contribution in [0.2, 0.25) is 0 Å². The molecule has 4 aliphatic heterocycles. The van der Waals surface area contributed by atoms with Crippen molar-refractivity contribution in [3.8, 4) is 0 Å². The van der Waals surface area contributed by atoms with E-state index in [1.165, 1.54) is 32.4 Å². The summed E-state index contributed by atoms with van der Waals surface area (Å²) >= 11 is 0. The van der Waals surface area contributed by atoms with Gasteiger partial charge < -0.3 is 9.47 Å². The van der Waals surface area contributed by atoms with E-state index >= 15 is 0 Å². The molecule has 21 heavy (non-hydrogen) atoms. The van der Waals surface area contributed by atoms with E-state index in [0.717, 1.165) is 12.0 Å². The maximum Gasteiger partial charge on any atom is 0.334 e. The van der Waals surface area contributed by atoms with Gasteiger partial charge in [0.2, 0.25) is 0 Å². The van der Waals surface area contributed by atoms with Crippen molar-refractivity contribution in [2.75, 3.05) is 13.1 Å². The summed E-state index contributed by atoms with van der Waals surface area (Å²) in [5.74, 6) is 0.886. The van der Waals surface area contributed by atoms with E-state index in [2.05, 4.69) is 11.8 Å². The molecule has 0 N–H and O–H groups in total. The lowest BCUT2D eigenvalue weighted by Gasteiger charge is -2.31. The molecule has 6 atom stereocenters. The van der Waals surface area contributed by atoms with Crippen molar-refractivity contribution in [3.63, 3.8) is 0 Å². The summed E-state index contributed by atoms with van der Waals surface area (Å²) in [5.41, 5.74) is 0.727. The number of hydrogen-bond donors (Lipinski definition) is 0. The molecule has 3 saturated heterocycles. The maximum absolute atomic E-state index is 11.6. The second-order valence-electron chi connectivity index (χ2n) is 7.18. The molecule has 0 unspecified atom stereocenters. The van der Waals surface area contributed by atoms with Crippen molar-refractivity contribution < 1.29 is 14.3 Å². The molecule has 4 heterocycles. The molecule has 4 aliphatic rings. The van der Waals surface area contributed by atoms with Gasteiger partial charge in [0.25, 0.3) is 0 Å². The summed E-state index contributed by atoms with van der Waals surface area (Å²) in [6.07, 6.45) is 7.20. The Morgan fingerprint density at radius 2 is 2.00 bits per heavy atom. The van der Waals surface area contributed by atoms with Gasteiger partial charge in [-0.05, 0) is 57.7 Å². The second-order valence-corrected chi connectivity index (χ2v) is 7.18. The molecule has 4 rings (SSSR count). The van der Waals surface area contributed by atoms with E-state index in [1.54, 1.807) is 0 Å². The van der Waals surface area contributed by atoms with E-state index in [1.807, 2.05) is 13.0 Å². The zero-order valence-corrected chi connectivity index (χ0v) is 13.0. The van der Waals surface area contributed by atoms with Crippen molar-refractivity contribution in [1.29, 1.82) is 0 Å². The number of nitrogens with zero attached hydrogens (tertiary/aromatic N) is 1. The van der Waals surface area contributed by atoms with Gasteiger partial charge in [-0.15, -0.1) is 0 Å². The zero-order chi connectivity index (χ0) is 14.6. The predicted octanol–water partition coefficient (Wildman–Crippen LogP) is 2.14. The fraction of sp³-hybridized carbons (Fsp3) is 0.824. The lowest BCUT2D eigenvalue weighted by atomic mass is 9.80. The van der Waals surface area contributed by atoms with E-state index in [0.29, 0.717) is 24.0 Å². The van der Waals surface area contributed by atoms with Gasteiger partial charge in [0.1, 0.15) is 12.2 Å². The predicted molar refractivity (Wildman–Crippen MR) is 78.8 cm³/mol. The molecule has 0 spiro atoms. The summed E-state index contributed by atoms with van der Waals surface area (Å²) < 4.78 is 11.9. The van der Waals surface area contributed by atoms with Crippen molar-refractivity contribution in [2.45, 2.75) is 63.9 Å². The fourth-order valence-electron chi connectivity index (χ4n) is 5.00. The van der Waals surface area contributed by atoms with E-state index in [9.17, 15) is 4.79 Å². The highest BCUT2D eigenvalue weighted by atomic mass is 16.6. The molecule has 0 saturated carbocycles. The molecule has 0 bridgehead atoms. The molecule has 116 valence electrons. The molecule has 3 fully saturated rings. The Morgan fingerprint density at radius 3 is 2.71 bits per heavy atom. The minimum absolute atomic E-state index is 0.0435. The Balaban J connectivity index is 1.57. The lowest BCUT2D eigenvalue weighted by molar-refractivity contribution is -0.146. The minimum Gasteiger partial charge on any atom is -0.452 e. The average molecular weight is 291 g/mol. The smallest absolute Gasteiger partial charge is 0.334 e. The highest BCUT2D eigenvalue weighted by Gasteiger charge is 2.52. The number of cyclic esters (lactones) is 1. The largest absolute Gasteiger partial charge is 0.452 e. The minimum atomic E-state index is -0.176. The van der Waals surface area contributed by atoms with Crippen molar-refractivity contribution in [1.82, 2.24) is 4.90 Å². The van der Waals surface area contributed by atoms with Gasteiger partial charge in [-0.1, -0.05) is 6.92 Å². The van der Waals surface area contributed by atoms with Gasteiger partial charge in [0.15, 0.2) is 0 Å². The van der Waals surface area contributed by atoms with Gasteiger partial charge in [0, 0.05) is 17.5 Å². The fourth-order valence-corrected chi connectivity index (χ4v) is 5.00. The topological polar surface area (TPSA) is 38.8 Å². The standard InChI is InChI=1S/C17H25NO3/c1-10-9-14(21-17(10)19)16-11(2)15-12-5-3-7-18(12)8-4-6-13(15)20-16/h9,11-16H,3-8H2,1-2H3/t11-,12-,13+,14+,15+,16-/m1/s1. The van der Waals surface area contributed by atoms with Crippen LogP contribution in [0.5, 0.6) is 0 Å². The summed E-state index contributed by atoms with van der Waals surface area (Å²) in [7, 11) is 0. The van der Waals surface area contributed by atoms with Gasteiger partial charge in [-0.3, -0.25) is 4.90 Å². The average Bonchev–Trinajstić information content (AvgIpc) is 3.08. The first-order valence-electron chi connectivity index (χ1n) is 8.44. The number of ether oxygens (including phenoxy) is 2. The first-order valence-corrected chi connectivity index (χ1v) is 8.44. The van der Waals surface area contributed by atoms with Gasteiger partial charge in [-0.2, -0.15) is 0 Å². The number of esters is 1. The van der Waals surface area contributed by atoms with Crippen LogP contribution in [0.3, 0.4) is 0 Å². The van der Waals surface area contributed by atoms with Crippen LogP contribution in [0.15, 0.2) is 11.6 Å². The second kappa shape index (κ2) is 5.10. The van der Waals surface area contributed by atoms with E-state index < -0.39 is 0 Å². The Hall–Kier alpha value is -0.870. The monoisotopic (exact) mass is 291 g/mol. The number of hydrogen-bond acceptors (Lipinski definition) is 4. The van der Waals surface area contributed by atoms with Crippen molar-refractivity contribution >= 4 is 5.97 Å². The van der Waals surface area contributed by atoms with Crippen LogP contribution in [0.1, 0.15) is 39.5 Å².